The molecule has 1 aromatic heterocycles. The molecule has 0 atom stereocenters. The van der Waals surface area contributed by atoms with Crippen LogP contribution in [0.5, 0.6) is 5.75 Å². The zero-order chi connectivity index (χ0) is 21.0. The number of thiazole rings is 1. The van der Waals surface area contributed by atoms with E-state index in [0.717, 1.165) is 21.4 Å². The molecule has 1 amide bonds. The topological polar surface area (TPSA) is 97.4 Å². The smallest absolute Gasteiger partial charge is 0.263 e. The molecule has 2 aromatic carbocycles. The minimum atomic E-state index is -3.77. The number of ether oxygens (including phenoxy) is 1. The number of hydrogen-bond acceptors (Lipinski definition) is 6. The fourth-order valence-corrected chi connectivity index (χ4v) is 4.93. The fourth-order valence-electron chi connectivity index (χ4n) is 2.49. The van der Waals surface area contributed by atoms with E-state index in [1.807, 2.05) is 25.1 Å². The summed E-state index contributed by atoms with van der Waals surface area (Å²) >= 11 is 4.50. The molecule has 2 N–H and O–H groups in total. The highest BCUT2D eigenvalue weighted by Gasteiger charge is 2.17. The normalized spacial score (nSPS) is 11.1. The summed E-state index contributed by atoms with van der Waals surface area (Å²) in [4.78, 5) is 16.6. The average Bonchev–Trinajstić information content (AvgIpc) is 3.10. The van der Waals surface area contributed by atoms with Crippen molar-refractivity contribution < 1.29 is 17.9 Å². The summed E-state index contributed by atoms with van der Waals surface area (Å²) in [5.74, 6) is 0.331. The van der Waals surface area contributed by atoms with Crippen molar-refractivity contribution in [1.29, 1.82) is 0 Å². The Morgan fingerprint density at radius 3 is 2.59 bits per heavy atom. The maximum atomic E-state index is 12.5. The highest BCUT2D eigenvalue weighted by Crippen LogP contribution is 2.23. The van der Waals surface area contributed by atoms with Crippen LogP contribution in [0.25, 0.3) is 0 Å². The molecule has 152 valence electrons. The van der Waals surface area contributed by atoms with Gasteiger partial charge < -0.3 is 10.1 Å². The number of halogens is 1. The zero-order valence-corrected chi connectivity index (χ0v) is 18.8. The summed E-state index contributed by atoms with van der Waals surface area (Å²) in [7, 11) is -2.27. The molecule has 0 fully saturated rings. The third-order valence-corrected chi connectivity index (χ3v) is 6.73. The van der Waals surface area contributed by atoms with Crippen LogP contribution in [0, 0.1) is 6.92 Å². The third kappa shape index (κ3) is 5.55. The predicted molar refractivity (Wildman–Crippen MR) is 117 cm³/mol. The fraction of sp³-hybridized carbons (Fsp3) is 0.158. The molecule has 0 radical (unpaired) electrons. The van der Waals surface area contributed by atoms with Crippen molar-refractivity contribution in [3.63, 3.8) is 0 Å². The van der Waals surface area contributed by atoms with Crippen molar-refractivity contribution in [2.24, 2.45) is 0 Å². The molecule has 0 aliphatic carbocycles. The molecule has 10 heteroatoms. The Morgan fingerprint density at radius 2 is 1.93 bits per heavy atom. The van der Waals surface area contributed by atoms with Crippen LogP contribution in [0.15, 0.2) is 57.2 Å². The molecule has 1 heterocycles. The van der Waals surface area contributed by atoms with Crippen LogP contribution >= 0.6 is 27.3 Å². The molecule has 3 aromatic rings. The molecule has 0 aliphatic rings. The van der Waals surface area contributed by atoms with Crippen LogP contribution in [-0.2, 0) is 21.2 Å². The lowest BCUT2D eigenvalue weighted by molar-refractivity contribution is -0.115. The summed E-state index contributed by atoms with van der Waals surface area (Å²) in [6, 6.07) is 11.6. The molecule has 0 aliphatic heterocycles. The largest absolute Gasteiger partial charge is 0.497 e. The summed E-state index contributed by atoms with van der Waals surface area (Å²) in [5.41, 5.74) is 2.13. The van der Waals surface area contributed by atoms with Gasteiger partial charge in [0.1, 0.15) is 5.75 Å². The lowest BCUT2D eigenvalue weighted by Crippen LogP contribution is -2.16. The van der Waals surface area contributed by atoms with Crippen LogP contribution < -0.4 is 14.8 Å². The van der Waals surface area contributed by atoms with E-state index in [0.29, 0.717) is 17.1 Å². The SMILES string of the molecule is COc1ccc(S(=O)(=O)Nc2nc(CC(=O)Nc3ccc(Br)cc3C)cs2)cc1. The summed E-state index contributed by atoms with van der Waals surface area (Å²) in [6.07, 6.45) is 0.0380. The minimum absolute atomic E-state index is 0.0380. The Kier molecular flexibility index (Phi) is 6.56. The van der Waals surface area contributed by atoms with Gasteiger partial charge >= 0.3 is 0 Å². The second kappa shape index (κ2) is 8.93. The first-order chi connectivity index (χ1) is 13.8. The van der Waals surface area contributed by atoms with E-state index in [2.05, 4.69) is 31.0 Å². The number of aromatic nitrogens is 1. The van der Waals surface area contributed by atoms with Gasteiger partial charge in [0, 0.05) is 15.5 Å². The Labute approximate surface area is 181 Å². The highest BCUT2D eigenvalue weighted by molar-refractivity contribution is 9.10. The van der Waals surface area contributed by atoms with Crippen molar-refractivity contribution in [3.05, 3.63) is 63.6 Å². The molecule has 0 unspecified atom stereocenters. The Morgan fingerprint density at radius 1 is 1.21 bits per heavy atom. The monoisotopic (exact) mass is 495 g/mol. The van der Waals surface area contributed by atoms with Gasteiger partial charge in [0.05, 0.1) is 24.1 Å². The second-order valence-corrected chi connectivity index (χ2v) is 9.57. The molecule has 29 heavy (non-hydrogen) atoms. The molecular formula is C19H18BrN3O4S2. The first-order valence-corrected chi connectivity index (χ1v) is 11.6. The van der Waals surface area contributed by atoms with Gasteiger partial charge in [0.2, 0.25) is 5.91 Å². The van der Waals surface area contributed by atoms with Crippen molar-refractivity contribution in [1.82, 2.24) is 4.98 Å². The van der Waals surface area contributed by atoms with E-state index in [1.165, 1.54) is 19.2 Å². The quantitative estimate of drug-likeness (QED) is 0.511. The van der Waals surface area contributed by atoms with Gasteiger partial charge in [0.25, 0.3) is 10.0 Å². The van der Waals surface area contributed by atoms with Crippen LogP contribution in [0.4, 0.5) is 10.8 Å². The van der Waals surface area contributed by atoms with Gasteiger partial charge in [-0.2, -0.15) is 0 Å². The van der Waals surface area contributed by atoms with Gasteiger partial charge in [-0.15, -0.1) is 11.3 Å². The van der Waals surface area contributed by atoms with E-state index < -0.39 is 10.0 Å². The van der Waals surface area contributed by atoms with Crippen molar-refractivity contribution in [3.8, 4) is 5.75 Å². The first-order valence-electron chi connectivity index (χ1n) is 8.44. The van der Waals surface area contributed by atoms with Gasteiger partial charge in [0.15, 0.2) is 5.13 Å². The van der Waals surface area contributed by atoms with E-state index >= 15 is 0 Å². The number of sulfonamides is 1. The number of nitrogens with one attached hydrogen (secondary N) is 2. The summed E-state index contributed by atoms with van der Waals surface area (Å²) < 4.78 is 33.3. The van der Waals surface area contributed by atoms with E-state index in [-0.39, 0.29) is 22.4 Å². The number of anilines is 2. The van der Waals surface area contributed by atoms with Gasteiger partial charge in [-0.3, -0.25) is 9.52 Å². The Bertz CT molecular complexity index is 1130. The van der Waals surface area contributed by atoms with Crippen LogP contribution in [-0.4, -0.2) is 26.4 Å². The molecule has 7 nitrogen and oxygen atoms in total. The van der Waals surface area contributed by atoms with Crippen LogP contribution in [0.2, 0.25) is 0 Å². The molecule has 0 spiro atoms. The van der Waals surface area contributed by atoms with E-state index in [1.54, 1.807) is 17.5 Å². The third-order valence-electron chi connectivity index (χ3n) is 3.95. The van der Waals surface area contributed by atoms with Gasteiger partial charge in [-0.1, -0.05) is 15.9 Å². The van der Waals surface area contributed by atoms with Gasteiger partial charge in [-0.05, 0) is 55.0 Å². The number of methoxy groups -OCH3 is 1. The number of nitrogens with zero attached hydrogens (tertiary/aromatic N) is 1. The van der Waals surface area contributed by atoms with E-state index in [9.17, 15) is 13.2 Å². The lowest BCUT2D eigenvalue weighted by Gasteiger charge is -2.08. The Balaban J connectivity index is 1.64. The molecule has 3 rings (SSSR count). The summed E-state index contributed by atoms with van der Waals surface area (Å²) in [5, 5.41) is 4.68. The standard InChI is InChI=1S/C19H18BrN3O4S2/c1-12-9-13(20)3-8-17(12)22-18(24)10-14-11-28-19(21-14)23-29(25,26)16-6-4-15(27-2)5-7-16/h3-9,11H,10H2,1-2H3,(H,21,23)(H,22,24). The van der Waals surface area contributed by atoms with Gasteiger partial charge in [-0.25, -0.2) is 13.4 Å². The lowest BCUT2D eigenvalue weighted by atomic mass is 10.2. The van der Waals surface area contributed by atoms with Crippen molar-refractivity contribution in [2.75, 3.05) is 17.1 Å². The van der Waals surface area contributed by atoms with Crippen LogP contribution in [0.3, 0.4) is 0 Å². The highest BCUT2D eigenvalue weighted by atomic mass is 79.9. The number of amides is 1. The minimum Gasteiger partial charge on any atom is -0.497 e. The predicted octanol–water partition coefficient (Wildman–Crippen LogP) is 4.20. The number of carbonyl (C=O) groups excluding carboxylic acids is 1. The number of aryl methyl sites for hydroxylation is 1. The average molecular weight is 496 g/mol. The first kappa shape index (κ1) is 21.3. The number of carbonyl (C=O) groups is 1. The van der Waals surface area contributed by atoms with E-state index in [4.69, 9.17) is 4.74 Å². The molecule has 0 bridgehead atoms. The Hall–Kier alpha value is -2.43. The maximum Gasteiger partial charge on any atom is 0.263 e. The second-order valence-electron chi connectivity index (χ2n) is 6.11. The zero-order valence-electron chi connectivity index (χ0n) is 15.6. The summed E-state index contributed by atoms with van der Waals surface area (Å²) in [6.45, 7) is 1.90. The molecular weight excluding hydrogens is 478 g/mol. The number of benzene rings is 2. The van der Waals surface area contributed by atoms with Crippen LogP contribution in [0.1, 0.15) is 11.3 Å². The molecule has 0 saturated carbocycles. The number of hydrogen-bond donors (Lipinski definition) is 2. The maximum absolute atomic E-state index is 12.5. The van der Waals surface area contributed by atoms with Crippen molar-refractivity contribution in [2.45, 2.75) is 18.2 Å². The molecule has 0 saturated heterocycles. The van der Waals surface area contributed by atoms with Crippen molar-refractivity contribution >= 4 is 54.0 Å². The number of rotatable bonds is 7.